The Morgan fingerprint density at radius 2 is 1.81 bits per heavy atom. The molecule has 1 aromatic rings. The van der Waals surface area contributed by atoms with Gasteiger partial charge in [0.2, 0.25) is 0 Å². The Balaban J connectivity index is 2.67. The Kier molecular flexibility index (Phi) is 7.53. The van der Waals surface area contributed by atoms with Crippen LogP contribution in [0, 0.1) is 0 Å². The summed E-state index contributed by atoms with van der Waals surface area (Å²) in [7, 11) is -3.06. The van der Waals surface area contributed by atoms with E-state index in [1.165, 1.54) is 0 Å². The van der Waals surface area contributed by atoms with Crippen molar-refractivity contribution in [2.75, 3.05) is 24.7 Å². The smallest absolute Gasteiger partial charge is 0.153 e. The van der Waals surface area contributed by atoms with Gasteiger partial charge < -0.3 is 14.6 Å². The lowest BCUT2D eigenvalue weighted by atomic mass is 10.2. The van der Waals surface area contributed by atoms with Crippen LogP contribution in [-0.4, -0.2) is 38.2 Å². The summed E-state index contributed by atoms with van der Waals surface area (Å²) in [4.78, 5) is 0. The predicted molar refractivity (Wildman–Crippen MR) is 82.6 cm³/mol. The average molecular weight is 316 g/mol. The number of ether oxygens (including phenoxy) is 2. The number of benzene rings is 1. The average Bonchev–Trinajstić information content (AvgIpc) is 2.45. The van der Waals surface area contributed by atoms with E-state index in [-0.39, 0.29) is 24.7 Å². The Morgan fingerprint density at radius 3 is 2.43 bits per heavy atom. The van der Waals surface area contributed by atoms with Crippen molar-refractivity contribution < 1.29 is 23.0 Å². The topological polar surface area (TPSA) is 72.8 Å². The number of aliphatic hydroxyl groups is 1. The van der Waals surface area contributed by atoms with Crippen LogP contribution in [0.1, 0.15) is 32.3 Å². The largest absolute Gasteiger partial charge is 0.493 e. The Hall–Kier alpha value is -1.27. The summed E-state index contributed by atoms with van der Waals surface area (Å²) in [5.41, 5.74) is 0.617. The molecular formula is C15H24O5S. The molecule has 0 aliphatic heterocycles. The highest BCUT2D eigenvalue weighted by Gasteiger charge is 2.11. The minimum Gasteiger partial charge on any atom is -0.493 e. The number of rotatable bonds is 10. The summed E-state index contributed by atoms with van der Waals surface area (Å²) in [6.07, 6.45) is 1.50. The van der Waals surface area contributed by atoms with E-state index in [0.29, 0.717) is 30.1 Å². The van der Waals surface area contributed by atoms with Crippen LogP contribution in [0.5, 0.6) is 11.5 Å². The van der Waals surface area contributed by atoms with Gasteiger partial charge in [0.25, 0.3) is 0 Å². The van der Waals surface area contributed by atoms with Gasteiger partial charge in [-0.3, -0.25) is 0 Å². The van der Waals surface area contributed by atoms with Crippen LogP contribution in [0.15, 0.2) is 18.2 Å². The molecule has 6 heteroatoms. The molecule has 0 aliphatic rings. The molecule has 0 spiro atoms. The van der Waals surface area contributed by atoms with Crippen molar-refractivity contribution in [2.45, 2.75) is 33.3 Å². The molecule has 1 rings (SSSR count). The first-order chi connectivity index (χ1) is 10.0. The van der Waals surface area contributed by atoms with Gasteiger partial charge in [-0.15, -0.1) is 0 Å². The van der Waals surface area contributed by atoms with Crippen LogP contribution < -0.4 is 9.47 Å². The monoisotopic (exact) mass is 316 g/mol. The van der Waals surface area contributed by atoms with Gasteiger partial charge in [-0.25, -0.2) is 8.42 Å². The Morgan fingerprint density at radius 1 is 1.05 bits per heavy atom. The summed E-state index contributed by atoms with van der Waals surface area (Å²) in [6.45, 7) is 4.36. The molecule has 0 aliphatic carbocycles. The third kappa shape index (κ3) is 6.35. The van der Waals surface area contributed by atoms with Crippen LogP contribution >= 0.6 is 0 Å². The normalized spacial score (nSPS) is 11.4. The Bertz CT molecular complexity index is 525. The first-order valence-electron chi connectivity index (χ1n) is 7.22. The van der Waals surface area contributed by atoms with Crippen LogP contribution in [0.4, 0.5) is 0 Å². The van der Waals surface area contributed by atoms with Crippen LogP contribution in [0.25, 0.3) is 0 Å². The molecule has 0 aromatic heterocycles. The number of sulfone groups is 1. The highest BCUT2D eigenvalue weighted by Crippen LogP contribution is 2.25. The molecular weight excluding hydrogens is 292 g/mol. The van der Waals surface area contributed by atoms with E-state index >= 15 is 0 Å². The van der Waals surface area contributed by atoms with Gasteiger partial charge in [0.1, 0.15) is 18.1 Å². The van der Waals surface area contributed by atoms with E-state index in [2.05, 4.69) is 0 Å². The molecule has 21 heavy (non-hydrogen) atoms. The molecule has 0 bridgehead atoms. The summed E-state index contributed by atoms with van der Waals surface area (Å²) in [6, 6.07) is 5.18. The predicted octanol–water partition coefficient (Wildman–Crippen LogP) is 2.17. The Labute approximate surface area is 126 Å². The zero-order chi connectivity index (χ0) is 15.7. The van der Waals surface area contributed by atoms with Crippen LogP contribution in [0.2, 0.25) is 0 Å². The fraction of sp³-hybridized carbons (Fsp3) is 0.600. The third-order valence-electron chi connectivity index (χ3n) is 2.85. The molecule has 0 saturated heterocycles. The molecule has 5 nitrogen and oxygen atoms in total. The van der Waals surface area contributed by atoms with E-state index in [0.717, 1.165) is 6.42 Å². The summed E-state index contributed by atoms with van der Waals surface area (Å²) < 4.78 is 34.3. The molecule has 0 radical (unpaired) electrons. The number of hydrogen-bond donors (Lipinski definition) is 1. The standard InChI is InChI=1S/C15H24O5S/c1-3-7-19-14-6-5-13(12-16)15(11-14)20-8-10-21(17,18)9-4-2/h5-6,11,16H,3-4,7-10,12H2,1-2H3. The van der Waals surface area contributed by atoms with Gasteiger partial charge >= 0.3 is 0 Å². The maximum Gasteiger partial charge on any atom is 0.153 e. The molecule has 1 aromatic carbocycles. The van der Waals surface area contributed by atoms with E-state index < -0.39 is 9.84 Å². The fourth-order valence-electron chi connectivity index (χ4n) is 1.80. The lowest BCUT2D eigenvalue weighted by Gasteiger charge is -2.12. The van der Waals surface area contributed by atoms with Gasteiger partial charge in [0, 0.05) is 11.6 Å². The summed E-state index contributed by atoms with van der Waals surface area (Å²) in [5, 5.41) is 9.29. The highest BCUT2D eigenvalue weighted by atomic mass is 32.2. The van der Waals surface area contributed by atoms with Crippen molar-refractivity contribution in [2.24, 2.45) is 0 Å². The second-order valence-electron chi connectivity index (χ2n) is 4.78. The van der Waals surface area contributed by atoms with Gasteiger partial charge in [-0.2, -0.15) is 0 Å². The first kappa shape index (κ1) is 17.8. The molecule has 0 atom stereocenters. The maximum absolute atomic E-state index is 11.6. The van der Waals surface area contributed by atoms with E-state index in [1.54, 1.807) is 18.2 Å². The van der Waals surface area contributed by atoms with Crippen molar-refractivity contribution in [1.82, 2.24) is 0 Å². The summed E-state index contributed by atoms with van der Waals surface area (Å²) in [5.74, 6) is 1.27. The van der Waals surface area contributed by atoms with Crippen molar-refractivity contribution in [3.05, 3.63) is 23.8 Å². The zero-order valence-electron chi connectivity index (χ0n) is 12.7. The quantitative estimate of drug-likeness (QED) is 0.716. The van der Waals surface area contributed by atoms with Gasteiger partial charge in [0.05, 0.1) is 24.7 Å². The van der Waals surface area contributed by atoms with Gasteiger partial charge in [0.15, 0.2) is 9.84 Å². The van der Waals surface area contributed by atoms with E-state index in [4.69, 9.17) is 9.47 Å². The van der Waals surface area contributed by atoms with E-state index in [1.807, 2.05) is 13.8 Å². The molecule has 120 valence electrons. The van der Waals surface area contributed by atoms with Crippen LogP contribution in [0.3, 0.4) is 0 Å². The minimum atomic E-state index is -3.06. The first-order valence-corrected chi connectivity index (χ1v) is 9.04. The molecule has 0 unspecified atom stereocenters. The fourth-order valence-corrected chi connectivity index (χ4v) is 2.96. The zero-order valence-corrected chi connectivity index (χ0v) is 13.5. The second kappa shape index (κ2) is 8.89. The van der Waals surface area contributed by atoms with E-state index in [9.17, 15) is 13.5 Å². The third-order valence-corrected chi connectivity index (χ3v) is 4.67. The lowest BCUT2D eigenvalue weighted by molar-refractivity contribution is 0.265. The van der Waals surface area contributed by atoms with Crippen molar-refractivity contribution >= 4 is 9.84 Å². The summed E-state index contributed by atoms with van der Waals surface area (Å²) >= 11 is 0. The number of aliphatic hydroxyl groups excluding tert-OH is 1. The molecule has 0 amide bonds. The lowest BCUT2D eigenvalue weighted by Crippen LogP contribution is -2.17. The molecule has 0 fully saturated rings. The van der Waals surface area contributed by atoms with Gasteiger partial charge in [-0.05, 0) is 25.0 Å². The molecule has 0 saturated carbocycles. The van der Waals surface area contributed by atoms with Crippen molar-refractivity contribution in [3.63, 3.8) is 0 Å². The highest BCUT2D eigenvalue weighted by molar-refractivity contribution is 7.91. The van der Waals surface area contributed by atoms with Crippen molar-refractivity contribution in [3.8, 4) is 11.5 Å². The van der Waals surface area contributed by atoms with Gasteiger partial charge in [-0.1, -0.05) is 13.8 Å². The van der Waals surface area contributed by atoms with Crippen LogP contribution in [-0.2, 0) is 16.4 Å². The van der Waals surface area contributed by atoms with Crippen molar-refractivity contribution in [1.29, 1.82) is 0 Å². The SMILES string of the molecule is CCCOc1ccc(CO)c(OCCS(=O)(=O)CCC)c1. The minimum absolute atomic E-state index is 0.0221. The molecule has 0 heterocycles. The second-order valence-corrected chi connectivity index (χ2v) is 7.08. The number of hydrogen-bond acceptors (Lipinski definition) is 5. The molecule has 1 N–H and O–H groups in total. The maximum atomic E-state index is 11.6.